The van der Waals surface area contributed by atoms with Crippen LogP contribution >= 0.6 is 0 Å². The zero-order valence-electron chi connectivity index (χ0n) is 12.2. The number of hydrogen-bond donors (Lipinski definition) is 0. The van der Waals surface area contributed by atoms with Crippen LogP contribution in [0.15, 0.2) is 24.3 Å². The summed E-state index contributed by atoms with van der Waals surface area (Å²) >= 11 is 0. The topological polar surface area (TPSA) is 29.5 Å². The SMILES string of the molecule is CCOC(=O)N1CCC(C)(Cc2ccc(F)cc2)CC1. The summed E-state index contributed by atoms with van der Waals surface area (Å²) in [5, 5.41) is 0. The molecule has 20 heavy (non-hydrogen) atoms. The first-order chi connectivity index (χ1) is 9.52. The second-order valence-corrected chi connectivity index (χ2v) is 5.80. The van der Waals surface area contributed by atoms with Crippen molar-refractivity contribution in [3.8, 4) is 0 Å². The molecular weight excluding hydrogens is 257 g/mol. The number of benzene rings is 1. The first kappa shape index (κ1) is 14.8. The molecule has 0 aliphatic carbocycles. The summed E-state index contributed by atoms with van der Waals surface area (Å²) in [6.07, 6.45) is 2.60. The molecule has 0 bridgehead atoms. The predicted octanol–water partition coefficient (Wildman–Crippen LogP) is 3.63. The first-order valence-electron chi connectivity index (χ1n) is 7.18. The summed E-state index contributed by atoms with van der Waals surface area (Å²) < 4.78 is 17.9. The number of halogens is 1. The molecule has 0 atom stereocenters. The summed E-state index contributed by atoms with van der Waals surface area (Å²) in [7, 11) is 0. The van der Waals surface area contributed by atoms with E-state index in [0.717, 1.165) is 37.9 Å². The van der Waals surface area contributed by atoms with E-state index in [0.29, 0.717) is 6.61 Å². The standard InChI is InChI=1S/C16H22FNO2/c1-3-20-15(19)18-10-8-16(2,9-11-18)12-13-4-6-14(17)7-5-13/h4-7H,3,8-12H2,1-2H3. The summed E-state index contributed by atoms with van der Waals surface area (Å²) in [6.45, 7) is 5.94. The molecule has 1 aromatic rings. The number of likely N-dealkylation sites (tertiary alicyclic amines) is 1. The second-order valence-electron chi connectivity index (χ2n) is 5.80. The maximum atomic E-state index is 12.9. The number of ether oxygens (including phenoxy) is 1. The van der Waals surface area contributed by atoms with Crippen LogP contribution in [-0.4, -0.2) is 30.7 Å². The van der Waals surface area contributed by atoms with E-state index in [4.69, 9.17) is 4.74 Å². The Bertz CT molecular complexity index is 450. The summed E-state index contributed by atoms with van der Waals surface area (Å²) in [4.78, 5) is 13.4. The van der Waals surface area contributed by atoms with Gasteiger partial charge in [-0.3, -0.25) is 0 Å². The maximum absolute atomic E-state index is 12.9. The third kappa shape index (κ3) is 3.71. The minimum atomic E-state index is -0.212. The van der Waals surface area contributed by atoms with E-state index in [1.807, 2.05) is 19.1 Å². The van der Waals surface area contributed by atoms with Crippen LogP contribution in [0.1, 0.15) is 32.3 Å². The summed E-state index contributed by atoms with van der Waals surface area (Å²) in [6, 6.07) is 6.70. The molecule has 1 aliphatic heterocycles. The van der Waals surface area contributed by atoms with Crippen molar-refractivity contribution >= 4 is 6.09 Å². The number of amides is 1. The van der Waals surface area contributed by atoms with Gasteiger partial charge in [-0.05, 0) is 49.3 Å². The predicted molar refractivity (Wildman–Crippen MR) is 76.0 cm³/mol. The third-order valence-corrected chi connectivity index (χ3v) is 4.04. The lowest BCUT2D eigenvalue weighted by molar-refractivity contribution is 0.0737. The van der Waals surface area contributed by atoms with Crippen LogP contribution < -0.4 is 0 Å². The van der Waals surface area contributed by atoms with Gasteiger partial charge in [0.05, 0.1) is 6.61 Å². The fourth-order valence-electron chi connectivity index (χ4n) is 2.72. The lowest BCUT2D eigenvalue weighted by Crippen LogP contribution is -2.43. The minimum Gasteiger partial charge on any atom is -0.450 e. The lowest BCUT2D eigenvalue weighted by atomic mass is 9.75. The quantitative estimate of drug-likeness (QED) is 0.845. The van der Waals surface area contributed by atoms with Crippen LogP contribution in [-0.2, 0) is 11.2 Å². The highest BCUT2D eigenvalue weighted by molar-refractivity contribution is 5.67. The van der Waals surface area contributed by atoms with Gasteiger partial charge in [0, 0.05) is 13.1 Å². The fraction of sp³-hybridized carbons (Fsp3) is 0.562. The van der Waals surface area contributed by atoms with E-state index < -0.39 is 0 Å². The van der Waals surface area contributed by atoms with Gasteiger partial charge in [0.25, 0.3) is 0 Å². The van der Waals surface area contributed by atoms with Gasteiger partial charge in [0.2, 0.25) is 0 Å². The van der Waals surface area contributed by atoms with Gasteiger partial charge in [0.15, 0.2) is 0 Å². The van der Waals surface area contributed by atoms with Crippen LogP contribution in [0.25, 0.3) is 0 Å². The van der Waals surface area contributed by atoms with Crippen molar-refractivity contribution in [1.29, 1.82) is 0 Å². The van der Waals surface area contributed by atoms with Crippen LogP contribution in [0.5, 0.6) is 0 Å². The number of rotatable bonds is 3. The monoisotopic (exact) mass is 279 g/mol. The fourth-order valence-corrected chi connectivity index (χ4v) is 2.72. The van der Waals surface area contributed by atoms with Crippen molar-refractivity contribution in [3.05, 3.63) is 35.6 Å². The highest BCUT2D eigenvalue weighted by Crippen LogP contribution is 2.34. The molecule has 0 saturated carbocycles. The van der Waals surface area contributed by atoms with E-state index in [1.165, 1.54) is 12.1 Å². The van der Waals surface area contributed by atoms with Crippen molar-refractivity contribution < 1.29 is 13.9 Å². The Morgan fingerprint density at radius 3 is 2.45 bits per heavy atom. The Hall–Kier alpha value is -1.58. The van der Waals surface area contributed by atoms with E-state index in [9.17, 15) is 9.18 Å². The van der Waals surface area contributed by atoms with Crippen molar-refractivity contribution in [1.82, 2.24) is 4.90 Å². The molecule has 1 amide bonds. The molecule has 4 heteroatoms. The molecule has 1 aliphatic rings. The molecule has 2 rings (SSSR count). The van der Waals surface area contributed by atoms with E-state index in [-0.39, 0.29) is 17.3 Å². The van der Waals surface area contributed by atoms with E-state index in [1.54, 1.807) is 4.90 Å². The summed E-state index contributed by atoms with van der Waals surface area (Å²) in [5.74, 6) is -0.198. The maximum Gasteiger partial charge on any atom is 0.409 e. The van der Waals surface area contributed by atoms with Crippen molar-refractivity contribution in [2.75, 3.05) is 19.7 Å². The highest BCUT2D eigenvalue weighted by atomic mass is 19.1. The number of nitrogens with zero attached hydrogens (tertiary/aromatic N) is 1. The largest absolute Gasteiger partial charge is 0.450 e. The van der Waals surface area contributed by atoms with Crippen molar-refractivity contribution in [2.45, 2.75) is 33.1 Å². The Morgan fingerprint density at radius 2 is 1.90 bits per heavy atom. The van der Waals surface area contributed by atoms with Gasteiger partial charge in [-0.1, -0.05) is 19.1 Å². The number of piperidine rings is 1. The van der Waals surface area contributed by atoms with Crippen LogP contribution in [0.3, 0.4) is 0 Å². The third-order valence-electron chi connectivity index (χ3n) is 4.04. The number of carbonyl (C=O) groups is 1. The second kappa shape index (κ2) is 6.25. The van der Waals surface area contributed by atoms with Gasteiger partial charge >= 0.3 is 6.09 Å². The van der Waals surface area contributed by atoms with Gasteiger partial charge in [-0.25, -0.2) is 9.18 Å². The average molecular weight is 279 g/mol. The Balaban J connectivity index is 1.91. The van der Waals surface area contributed by atoms with Crippen LogP contribution in [0.2, 0.25) is 0 Å². The molecule has 110 valence electrons. The Morgan fingerprint density at radius 1 is 1.30 bits per heavy atom. The Labute approximate surface area is 119 Å². The number of carbonyl (C=O) groups excluding carboxylic acids is 1. The van der Waals surface area contributed by atoms with Gasteiger partial charge in [-0.15, -0.1) is 0 Å². The first-order valence-corrected chi connectivity index (χ1v) is 7.18. The van der Waals surface area contributed by atoms with E-state index in [2.05, 4.69) is 6.92 Å². The molecule has 0 N–H and O–H groups in total. The van der Waals surface area contributed by atoms with Crippen LogP contribution in [0, 0.1) is 11.2 Å². The molecule has 0 spiro atoms. The lowest BCUT2D eigenvalue weighted by Gasteiger charge is -2.39. The molecule has 3 nitrogen and oxygen atoms in total. The van der Waals surface area contributed by atoms with Gasteiger partial charge < -0.3 is 9.64 Å². The highest BCUT2D eigenvalue weighted by Gasteiger charge is 2.32. The molecule has 1 heterocycles. The average Bonchev–Trinajstić information content (AvgIpc) is 2.42. The summed E-state index contributed by atoms with van der Waals surface area (Å²) in [5.41, 5.74) is 1.32. The Kier molecular flexibility index (Phi) is 4.63. The molecular formula is C16H22FNO2. The van der Waals surface area contributed by atoms with Crippen molar-refractivity contribution in [2.24, 2.45) is 5.41 Å². The normalized spacial score (nSPS) is 17.9. The van der Waals surface area contributed by atoms with Crippen molar-refractivity contribution in [3.63, 3.8) is 0 Å². The smallest absolute Gasteiger partial charge is 0.409 e. The zero-order chi connectivity index (χ0) is 14.6. The molecule has 1 aromatic carbocycles. The number of hydrogen-bond acceptors (Lipinski definition) is 2. The van der Waals surface area contributed by atoms with Gasteiger partial charge in [-0.2, -0.15) is 0 Å². The molecule has 1 fully saturated rings. The van der Waals surface area contributed by atoms with E-state index >= 15 is 0 Å². The molecule has 0 aromatic heterocycles. The molecule has 0 unspecified atom stereocenters. The minimum absolute atomic E-state index is 0.167. The zero-order valence-corrected chi connectivity index (χ0v) is 12.2. The van der Waals surface area contributed by atoms with Crippen LogP contribution in [0.4, 0.5) is 9.18 Å². The molecule has 1 saturated heterocycles. The molecule has 0 radical (unpaired) electrons. The van der Waals surface area contributed by atoms with Gasteiger partial charge in [0.1, 0.15) is 5.82 Å².